The first-order valence-corrected chi connectivity index (χ1v) is 15.4. The Bertz CT molecular complexity index is 1280. The van der Waals surface area contributed by atoms with Gasteiger partial charge in [-0.25, -0.2) is 9.59 Å². The predicted octanol–water partition coefficient (Wildman–Crippen LogP) is 0.171. The maximum absolute atomic E-state index is 12.7. The van der Waals surface area contributed by atoms with E-state index in [1.807, 2.05) is 44.2 Å². The third-order valence-corrected chi connectivity index (χ3v) is 7.32. The summed E-state index contributed by atoms with van der Waals surface area (Å²) in [5.74, 6) is -1.23. The molecule has 0 aromatic rings. The lowest BCUT2D eigenvalue weighted by molar-refractivity contribution is -0.326. The van der Waals surface area contributed by atoms with Gasteiger partial charge < -0.3 is 59.4 Å². The Morgan fingerprint density at radius 3 is 1.62 bits per heavy atom. The molecule has 2 saturated heterocycles. The molecule has 0 amide bonds. The summed E-state index contributed by atoms with van der Waals surface area (Å²) in [4.78, 5) is 24.3. The van der Waals surface area contributed by atoms with Crippen molar-refractivity contribution in [2.24, 2.45) is 0 Å². The molecule has 14 heteroatoms. The maximum atomic E-state index is 12.7. The number of carbonyl (C=O) groups is 2. The van der Waals surface area contributed by atoms with Gasteiger partial charge in [0.2, 0.25) is 6.29 Å². The largest absolute Gasteiger partial charge is 0.463 e. The van der Waals surface area contributed by atoms with Crippen molar-refractivity contribution >= 4 is 11.9 Å². The molecule has 0 radical (unpaired) electrons. The lowest BCUT2D eigenvalue weighted by Gasteiger charge is -2.42. The second-order valence-corrected chi connectivity index (χ2v) is 11.3. The van der Waals surface area contributed by atoms with Crippen LogP contribution < -0.4 is 0 Å². The maximum Gasteiger partial charge on any atom is 0.336 e. The van der Waals surface area contributed by atoms with Crippen LogP contribution in [0.1, 0.15) is 34.6 Å². The van der Waals surface area contributed by atoms with Gasteiger partial charge in [0.05, 0.1) is 19.8 Å². The Labute approximate surface area is 279 Å². The Hall–Kier alpha value is -3.28. The third kappa shape index (κ3) is 12.3. The molecule has 48 heavy (non-hydrogen) atoms. The molecule has 10 atom stereocenters. The van der Waals surface area contributed by atoms with Crippen LogP contribution in [0.4, 0.5) is 0 Å². The van der Waals surface area contributed by atoms with Crippen LogP contribution in [0.25, 0.3) is 0 Å². The summed E-state index contributed by atoms with van der Waals surface area (Å²) in [6, 6.07) is 0. The van der Waals surface area contributed by atoms with Crippen molar-refractivity contribution in [3.63, 3.8) is 0 Å². The normalized spacial score (nSPS) is 32.8. The molecular formula is C34H48O14. The summed E-state index contributed by atoms with van der Waals surface area (Å²) < 4.78 is 26.2. The second kappa shape index (κ2) is 20.3. The fourth-order valence-corrected chi connectivity index (χ4v) is 4.34. The first-order valence-electron chi connectivity index (χ1n) is 15.4. The van der Waals surface area contributed by atoms with Crippen LogP contribution in [0.3, 0.4) is 0 Å². The average Bonchev–Trinajstić information content (AvgIpc) is 3.05. The lowest BCUT2D eigenvalue weighted by atomic mass is 9.98. The Morgan fingerprint density at radius 2 is 1.10 bits per heavy atom. The topological polar surface area (TPSA) is 222 Å². The summed E-state index contributed by atoms with van der Waals surface area (Å²) in [5, 5.41) is 70.4. The molecule has 2 fully saturated rings. The number of carbonyl (C=O) groups excluding carboxylic acids is 2. The van der Waals surface area contributed by atoms with Gasteiger partial charge in [0.15, 0.2) is 6.29 Å². The average molecular weight is 681 g/mol. The van der Waals surface area contributed by atoms with Crippen molar-refractivity contribution in [3.05, 3.63) is 83.1 Å². The molecule has 0 aromatic carbocycles. The van der Waals surface area contributed by atoms with Gasteiger partial charge in [-0.1, -0.05) is 71.9 Å². The van der Waals surface area contributed by atoms with Gasteiger partial charge in [-0.2, -0.15) is 0 Å². The molecule has 6 unspecified atom stereocenters. The number of hydrogen-bond donors (Lipinski definition) is 7. The van der Waals surface area contributed by atoms with Gasteiger partial charge in [0, 0.05) is 11.1 Å². The van der Waals surface area contributed by atoms with E-state index in [9.17, 15) is 45.3 Å². The van der Waals surface area contributed by atoms with E-state index in [1.54, 1.807) is 38.2 Å². The van der Waals surface area contributed by atoms with Gasteiger partial charge in [-0.3, -0.25) is 0 Å². The molecule has 2 rings (SSSR count). The quantitative estimate of drug-likeness (QED) is 0.0739. The molecule has 0 saturated carbocycles. The van der Waals surface area contributed by atoms with Crippen LogP contribution in [0.2, 0.25) is 0 Å². The second-order valence-electron chi connectivity index (χ2n) is 11.3. The Balaban J connectivity index is 1.93. The van der Waals surface area contributed by atoms with Crippen LogP contribution in [-0.4, -0.2) is 129 Å². The number of hydrogen-bond acceptors (Lipinski definition) is 14. The molecule has 0 aliphatic carbocycles. The summed E-state index contributed by atoms with van der Waals surface area (Å²) in [6.45, 7) is 7.75. The summed E-state index contributed by atoms with van der Waals surface area (Å²) in [6.07, 6.45) is 1.44. The molecule has 7 N–H and O–H groups in total. The lowest BCUT2D eigenvalue weighted by Crippen LogP contribution is -2.61. The zero-order valence-electron chi connectivity index (χ0n) is 27.7. The zero-order valence-corrected chi connectivity index (χ0v) is 27.7. The first kappa shape index (κ1) is 40.9. The molecule has 0 bridgehead atoms. The highest BCUT2D eigenvalue weighted by atomic mass is 16.7. The van der Waals surface area contributed by atoms with E-state index in [0.29, 0.717) is 12.2 Å². The molecule has 2 aliphatic heterocycles. The van der Waals surface area contributed by atoms with E-state index in [4.69, 9.17) is 23.7 Å². The highest BCUT2D eigenvalue weighted by Gasteiger charge is 2.48. The van der Waals surface area contributed by atoms with Gasteiger partial charge >= 0.3 is 11.9 Å². The van der Waals surface area contributed by atoms with E-state index in [2.05, 4.69) is 0 Å². The number of ether oxygens (including phenoxy) is 5. The predicted molar refractivity (Wildman–Crippen MR) is 172 cm³/mol. The highest BCUT2D eigenvalue weighted by Crippen LogP contribution is 2.26. The number of rotatable bonds is 14. The highest BCUT2D eigenvalue weighted by molar-refractivity contribution is 5.88. The molecule has 268 valence electrons. The van der Waals surface area contributed by atoms with Crippen LogP contribution in [-0.2, 0) is 33.3 Å². The third-order valence-electron chi connectivity index (χ3n) is 7.32. The van der Waals surface area contributed by atoms with Gasteiger partial charge in [-0.05, 0) is 34.6 Å². The monoisotopic (exact) mass is 680 g/mol. The zero-order chi connectivity index (χ0) is 36.0. The molecule has 2 aliphatic rings. The van der Waals surface area contributed by atoms with E-state index < -0.39 is 80.6 Å². The van der Waals surface area contributed by atoms with Crippen molar-refractivity contribution in [1.82, 2.24) is 0 Å². The molecular weight excluding hydrogens is 632 g/mol. The SMILES string of the molecule is CCOC(=O)/C(C)=C/C=C/C(C)=C/C=C/C=C(C)/C=C/C=C(\C)C(=O)O[C@@H]1OC(CO[C@@H]2OC(CO)[C@@H](O)C(O)C2O)[C@@H](O)C(O)C1O. The molecule has 0 spiro atoms. The fourth-order valence-electron chi connectivity index (χ4n) is 4.34. The van der Waals surface area contributed by atoms with E-state index >= 15 is 0 Å². The van der Waals surface area contributed by atoms with Crippen molar-refractivity contribution in [2.75, 3.05) is 19.8 Å². The number of aliphatic hydroxyl groups is 7. The van der Waals surface area contributed by atoms with E-state index in [-0.39, 0.29) is 11.5 Å². The van der Waals surface area contributed by atoms with Crippen LogP contribution in [0, 0.1) is 0 Å². The number of aliphatic hydroxyl groups excluding tert-OH is 7. The summed E-state index contributed by atoms with van der Waals surface area (Å²) in [5.41, 5.74) is 2.46. The standard InChI is InChI=1S/C34H48O14/c1-6-44-31(42)21(4)15-9-13-19(2)11-7-8-12-20(3)14-10-16-22(5)32(43)48-34-30(41)28(39)26(37)24(47-34)18-45-33-29(40)27(38)25(36)23(17-35)46-33/h7-16,23-30,33-41H,6,17-18H2,1-5H3/b8-7+,13-9+,14-10+,19-11+,20-12+,21-15+,22-16+/t23?,24?,25-,26-,27?,28?,29?,30?,33-,34+/m1/s1. The fraction of sp³-hybridized carbons (Fsp3) is 0.529. The Morgan fingerprint density at radius 1 is 0.625 bits per heavy atom. The van der Waals surface area contributed by atoms with Crippen molar-refractivity contribution in [2.45, 2.75) is 96.0 Å². The molecule has 14 nitrogen and oxygen atoms in total. The smallest absolute Gasteiger partial charge is 0.336 e. The van der Waals surface area contributed by atoms with Crippen LogP contribution in [0.15, 0.2) is 83.1 Å². The molecule has 2 heterocycles. The Kier molecular flexibility index (Phi) is 17.3. The summed E-state index contributed by atoms with van der Waals surface area (Å²) >= 11 is 0. The van der Waals surface area contributed by atoms with Gasteiger partial charge in [0.25, 0.3) is 0 Å². The minimum atomic E-state index is -1.80. The minimum absolute atomic E-state index is 0.137. The number of esters is 2. The first-order chi connectivity index (χ1) is 22.7. The van der Waals surface area contributed by atoms with Crippen LogP contribution in [0.5, 0.6) is 0 Å². The number of allylic oxidation sites excluding steroid dienone is 12. The van der Waals surface area contributed by atoms with Crippen molar-refractivity contribution < 1.29 is 69.0 Å². The van der Waals surface area contributed by atoms with Gasteiger partial charge in [0.1, 0.15) is 48.8 Å². The molecule has 0 aromatic heterocycles. The van der Waals surface area contributed by atoms with Crippen LogP contribution >= 0.6 is 0 Å². The van der Waals surface area contributed by atoms with Gasteiger partial charge in [-0.15, -0.1) is 0 Å². The van der Waals surface area contributed by atoms with E-state index in [1.165, 1.54) is 13.0 Å². The van der Waals surface area contributed by atoms with Crippen molar-refractivity contribution in [3.8, 4) is 0 Å². The van der Waals surface area contributed by atoms with E-state index in [0.717, 1.165) is 11.1 Å². The summed E-state index contributed by atoms with van der Waals surface area (Å²) in [7, 11) is 0. The van der Waals surface area contributed by atoms with Crippen molar-refractivity contribution in [1.29, 1.82) is 0 Å². The minimum Gasteiger partial charge on any atom is -0.463 e.